The molecule has 1 aromatic heterocycles. The average molecular weight is 252 g/mol. The summed E-state index contributed by atoms with van der Waals surface area (Å²) in [6.07, 6.45) is 2.75. The van der Waals surface area contributed by atoms with Crippen molar-refractivity contribution < 1.29 is 14.6 Å². The lowest BCUT2D eigenvalue weighted by Gasteiger charge is -2.26. The summed E-state index contributed by atoms with van der Waals surface area (Å²) >= 11 is 0. The highest BCUT2D eigenvalue weighted by molar-refractivity contribution is 5.85. The first-order chi connectivity index (χ1) is 8.75. The standard InChI is InChI=1S/C11H16N4O3/c16-11(17)9-7-12-8-10(14-9)13-1-2-15-3-5-18-6-4-15/h7-8H,1-6H2,(H,13,14)(H,16,17). The van der Waals surface area contributed by atoms with Crippen LogP contribution < -0.4 is 5.32 Å². The number of anilines is 1. The van der Waals surface area contributed by atoms with E-state index in [1.165, 1.54) is 12.4 Å². The first-order valence-electron chi connectivity index (χ1n) is 5.85. The summed E-state index contributed by atoms with van der Waals surface area (Å²) in [5.41, 5.74) is -0.0497. The van der Waals surface area contributed by atoms with E-state index in [4.69, 9.17) is 9.84 Å². The lowest BCUT2D eigenvalue weighted by atomic mass is 10.4. The Balaban J connectivity index is 1.78. The van der Waals surface area contributed by atoms with Crippen molar-refractivity contribution in [1.29, 1.82) is 0 Å². The van der Waals surface area contributed by atoms with Gasteiger partial charge < -0.3 is 15.2 Å². The highest BCUT2D eigenvalue weighted by atomic mass is 16.5. The second-order valence-electron chi connectivity index (χ2n) is 3.98. The summed E-state index contributed by atoms with van der Waals surface area (Å²) in [6, 6.07) is 0. The number of aromatic nitrogens is 2. The van der Waals surface area contributed by atoms with Crippen LogP contribution in [0.15, 0.2) is 12.4 Å². The van der Waals surface area contributed by atoms with Crippen molar-refractivity contribution in [3.63, 3.8) is 0 Å². The average Bonchev–Trinajstić information content (AvgIpc) is 2.40. The van der Waals surface area contributed by atoms with Crippen LogP contribution in [0.2, 0.25) is 0 Å². The number of hydrogen-bond donors (Lipinski definition) is 2. The Morgan fingerprint density at radius 3 is 2.94 bits per heavy atom. The molecule has 1 aliphatic heterocycles. The van der Waals surface area contributed by atoms with Gasteiger partial charge >= 0.3 is 5.97 Å². The predicted octanol–water partition coefficient (Wildman–Crippen LogP) is -0.0811. The Morgan fingerprint density at radius 1 is 1.44 bits per heavy atom. The summed E-state index contributed by atoms with van der Waals surface area (Å²) in [4.78, 5) is 20.8. The monoisotopic (exact) mass is 252 g/mol. The molecule has 0 radical (unpaired) electrons. The summed E-state index contributed by atoms with van der Waals surface area (Å²) in [5, 5.41) is 11.9. The molecule has 2 heterocycles. The fraction of sp³-hybridized carbons (Fsp3) is 0.545. The Bertz CT molecular complexity index is 407. The van der Waals surface area contributed by atoms with Crippen molar-refractivity contribution in [3.05, 3.63) is 18.1 Å². The Labute approximate surface area is 105 Å². The summed E-state index contributed by atoms with van der Waals surface area (Å²) in [6.45, 7) is 4.99. The molecule has 2 rings (SSSR count). The van der Waals surface area contributed by atoms with Gasteiger partial charge in [-0.25, -0.2) is 9.78 Å². The Kier molecular flexibility index (Phi) is 4.43. The fourth-order valence-electron chi connectivity index (χ4n) is 1.72. The molecular weight excluding hydrogens is 236 g/mol. The minimum absolute atomic E-state index is 0.0497. The number of rotatable bonds is 5. The van der Waals surface area contributed by atoms with E-state index in [9.17, 15) is 4.79 Å². The van der Waals surface area contributed by atoms with Crippen molar-refractivity contribution in [3.8, 4) is 0 Å². The maximum absolute atomic E-state index is 10.7. The number of nitrogens with zero attached hydrogens (tertiary/aromatic N) is 3. The molecule has 18 heavy (non-hydrogen) atoms. The minimum Gasteiger partial charge on any atom is -0.476 e. The maximum Gasteiger partial charge on any atom is 0.356 e. The lowest BCUT2D eigenvalue weighted by molar-refractivity contribution is 0.0398. The molecule has 0 spiro atoms. The van der Waals surface area contributed by atoms with Gasteiger partial charge in [0.15, 0.2) is 5.69 Å². The van der Waals surface area contributed by atoms with E-state index in [2.05, 4.69) is 20.2 Å². The van der Waals surface area contributed by atoms with Crippen LogP contribution in [-0.4, -0.2) is 65.3 Å². The van der Waals surface area contributed by atoms with Gasteiger partial charge in [-0.1, -0.05) is 0 Å². The van der Waals surface area contributed by atoms with Crippen LogP contribution >= 0.6 is 0 Å². The first-order valence-corrected chi connectivity index (χ1v) is 5.85. The third-order valence-corrected chi connectivity index (χ3v) is 2.69. The highest BCUT2D eigenvalue weighted by Gasteiger charge is 2.10. The van der Waals surface area contributed by atoms with E-state index in [0.717, 1.165) is 32.8 Å². The molecule has 0 aromatic carbocycles. The summed E-state index contributed by atoms with van der Waals surface area (Å²) in [7, 11) is 0. The van der Waals surface area contributed by atoms with Gasteiger partial charge in [0, 0.05) is 26.2 Å². The van der Waals surface area contributed by atoms with Gasteiger partial charge in [-0.15, -0.1) is 0 Å². The molecule has 2 N–H and O–H groups in total. The predicted molar refractivity (Wildman–Crippen MR) is 64.7 cm³/mol. The Hall–Kier alpha value is -1.73. The SMILES string of the molecule is O=C(O)c1cncc(NCCN2CCOCC2)n1. The van der Waals surface area contributed by atoms with Crippen LogP contribution in [0.25, 0.3) is 0 Å². The number of aromatic carboxylic acids is 1. The first kappa shape index (κ1) is 12.7. The number of morpholine rings is 1. The van der Waals surface area contributed by atoms with Gasteiger partial charge in [-0.2, -0.15) is 0 Å². The molecule has 1 aliphatic rings. The quantitative estimate of drug-likeness (QED) is 0.757. The number of ether oxygens (including phenoxy) is 1. The van der Waals surface area contributed by atoms with E-state index in [0.29, 0.717) is 12.4 Å². The minimum atomic E-state index is -1.07. The third kappa shape index (κ3) is 3.64. The lowest BCUT2D eigenvalue weighted by Crippen LogP contribution is -2.39. The smallest absolute Gasteiger partial charge is 0.356 e. The zero-order valence-electron chi connectivity index (χ0n) is 10.0. The van der Waals surface area contributed by atoms with Gasteiger partial charge in [0.05, 0.1) is 25.6 Å². The van der Waals surface area contributed by atoms with E-state index >= 15 is 0 Å². The van der Waals surface area contributed by atoms with Crippen LogP contribution in [0.4, 0.5) is 5.82 Å². The third-order valence-electron chi connectivity index (χ3n) is 2.69. The topological polar surface area (TPSA) is 87.6 Å². The van der Waals surface area contributed by atoms with Crippen LogP contribution in [0.1, 0.15) is 10.5 Å². The number of carboxylic acid groups (broad SMARTS) is 1. The molecule has 0 amide bonds. The van der Waals surface area contributed by atoms with Gasteiger partial charge in [0.1, 0.15) is 5.82 Å². The number of carboxylic acids is 1. The van der Waals surface area contributed by atoms with Crippen LogP contribution in [0.3, 0.4) is 0 Å². The maximum atomic E-state index is 10.7. The molecule has 0 unspecified atom stereocenters. The molecule has 0 bridgehead atoms. The summed E-state index contributed by atoms with van der Waals surface area (Å²) in [5.74, 6) is -0.581. The van der Waals surface area contributed by atoms with Gasteiger partial charge in [0.25, 0.3) is 0 Å². The molecule has 0 aliphatic carbocycles. The molecule has 7 heteroatoms. The van der Waals surface area contributed by atoms with Crippen molar-refractivity contribution in [2.24, 2.45) is 0 Å². The largest absolute Gasteiger partial charge is 0.476 e. The molecule has 1 saturated heterocycles. The van der Waals surface area contributed by atoms with Gasteiger partial charge in [-0.3, -0.25) is 9.88 Å². The van der Waals surface area contributed by atoms with E-state index < -0.39 is 5.97 Å². The number of hydrogen-bond acceptors (Lipinski definition) is 6. The zero-order chi connectivity index (χ0) is 12.8. The number of carbonyl (C=O) groups is 1. The second kappa shape index (κ2) is 6.27. The molecule has 98 valence electrons. The second-order valence-corrected chi connectivity index (χ2v) is 3.98. The normalized spacial score (nSPS) is 16.4. The van der Waals surface area contributed by atoms with E-state index in [1.807, 2.05) is 0 Å². The highest BCUT2D eigenvalue weighted by Crippen LogP contribution is 2.02. The van der Waals surface area contributed by atoms with Crippen LogP contribution in [0.5, 0.6) is 0 Å². The zero-order valence-corrected chi connectivity index (χ0v) is 10.0. The summed E-state index contributed by atoms with van der Waals surface area (Å²) < 4.78 is 5.26. The van der Waals surface area contributed by atoms with Crippen LogP contribution in [0, 0.1) is 0 Å². The molecule has 1 aromatic rings. The molecule has 7 nitrogen and oxygen atoms in total. The van der Waals surface area contributed by atoms with Crippen molar-refractivity contribution in [1.82, 2.24) is 14.9 Å². The van der Waals surface area contributed by atoms with Crippen molar-refractivity contribution >= 4 is 11.8 Å². The molecular formula is C11H16N4O3. The van der Waals surface area contributed by atoms with Crippen molar-refractivity contribution in [2.75, 3.05) is 44.7 Å². The van der Waals surface area contributed by atoms with E-state index in [-0.39, 0.29) is 5.69 Å². The molecule has 0 saturated carbocycles. The van der Waals surface area contributed by atoms with Crippen LogP contribution in [-0.2, 0) is 4.74 Å². The Morgan fingerprint density at radius 2 is 2.22 bits per heavy atom. The molecule has 1 fully saturated rings. The van der Waals surface area contributed by atoms with Gasteiger partial charge in [-0.05, 0) is 0 Å². The fourth-order valence-corrected chi connectivity index (χ4v) is 1.72. The molecule has 0 atom stereocenters. The van der Waals surface area contributed by atoms with E-state index in [1.54, 1.807) is 0 Å². The van der Waals surface area contributed by atoms with Crippen molar-refractivity contribution in [2.45, 2.75) is 0 Å². The van der Waals surface area contributed by atoms with Gasteiger partial charge in [0.2, 0.25) is 0 Å². The number of nitrogens with one attached hydrogen (secondary N) is 1.